The highest BCUT2D eigenvalue weighted by Gasteiger charge is 2.16. The maximum absolute atomic E-state index is 11.3. The molecule has 0 aliphatic heterocycles. The molecule has 1 N–H and O–H groups in total. The van der Waals surface area contributed by atoms with Crippen LogP contribution in [0.2, 0.25) is 0 Å². The first-order valence-electron chi connectivity index (χ1n) is 6.77. The van der Waals surface area contributed by atoms with Crippen molar-refractivity contribution in [3.63, 3.8) is 0 Å². The number of hydrogen-bond acceptors (Lipinski definition) is 7. The average Bonchev–Trinajstić information content (AvgIpc) is 2.58. The first-order chi connectivity index (χ1) is 11.0. The Hall–Kier alpha value is -2.70. The molecular weight excluding hydrogens is 304 g/mol. The van der Waals surface area contributed by atoms with Crippen molar-refractivity contribution in [2.75, 3.05) is 28.4 Å². The Morgan fingerprint density at radius 1 is 1.04 bits per heavy atom. The number of methoxy groups -OCH3 is 4. The van der Waals surface area contributed by atoms with Crippen molar-refractivity contribution in [2.45, 2.75) is 12.8 Å². The van der Waals surface area contributed by atoms with E-state index in [1.54, 1.807) is 6.07 Å². The fourth-order valence-electron chi connectivity index (χ4n) is 1.95. The van der Waals surface area contributed by atoms with Crippen LogP contribution in [0.1, 0.15) is 17.5 Å². The summed E-state index contributed by atoms with van der Waals surface area (Å²) >= 11 is 0. The fourth-order valence-corrected chi connectivity index (χ4v) is 1.95. The molecule has 0 fully saturated rings. The summed E-state index contributed by atoms with van der Waals surface area (Å²) in [5.41, 5.74) is 0.947. The molecule has 0 aliphatic carbocycles. The molecule has 0 spiro atoms. The van der Waals surface area contributed by atoms with Crippen molar-refractivity contribution in [3.05, 3.63) is 29.3 Å². The van der Waals surface area contributed by atoms with E-state index in [2.05, 4.69) is 9.47 Å². The van der Waals surface area contributed by atoms with Crippen molar-refractivity contribution in [1.29, 1.82) is 0 Å². The summed E-state index contributed by atoms with van der Waals surface area (Å²) in [6.07, 6.45) is 1.36. The van der Waals surface area contributed by atoms with Gasteiger partial charge in [0.1, 0.15) is 5.76 Å². The Morgan fingerprint density at radius 2 is 1.65 bits per heavy atom. The molecule has 0 amide bonds. The Morgan fingerprint density at radius 3 is 2.17 bits per heavy atom. The predicted molar refractivity (Wildman–Crippen MR) is 82.5 cm³/mol. The van der Waals surface area contributed by atoms with E-state index in [0.29, 0.717) is 29.0 Å². The predicted octanol–water partition coefficient (Wildman–Crippen LogP) is 1.88. The van der Waals surface area contributed by atoms with Crippen molar-refractivity contribution in [1.82, 2.24) is 0 Å². The molecule has 1 rings (SSSR count). The summed E-state index contributed by atoms with van der Waals surface area (Å²) in [5.74, 6) is -0.549. The topological polar surface area (TPSA) is 91.3 Å². The normalized spacial score (nSPS) is 10.9. The lowest BCUT2D eigenvalue weighted by Gasteiger charge is -2.14. The Labute approximate surface area is 134 Å². The average molecular weight is 324 g/mol. The highest BCUT2D eigenvalue weighted by atomic mass is 16.5. The molecule has 0 unspecified atom stereocenters. The van der Waals surface area contributed by atoms with E-state index in [1.165, 1.54) is 34.5 Å². The molecule has 0 aromatic heterocycles. The Balaban J connectivity index is 3.30. The van der Waals surface area contributed by atoms with E-state index >= 15 is 0 Å². The lowest BCUT2D eigenvalue weighted by Crippen LogP contribution is -2.05. The number of benzene rings is 1. The third-order valence-electron chi connectivity index (χ3n) is 3.17. The van der Waals surface area contributed by atoms with Gasteiger partial charge >= 0.3 is 11.9 Å². The number of aryl methyl sites for hydroxylation is 1. The van der Waals surface area contributed by atoms with Gasteiger partial charge in [-0.1, -0.05) is 0 Å². The van der Waals surface area contributed by atoms with Crippen LogP contribution in [0.3, 0.4) is 0 Å². The first-order valence-corrected chi connectivity index (χ1v) is 6.77. The summed E-state index contributed by atoms with van der Waals surface area (Å²) in [7, 11) is 5.44. The zero-order valence-corrected chi connectivity index (χ0v) is 13.5. The van der Waals surface area contributed by atoms with E-state index in [0.717, 1.165) is 6.08 Å². The van der Waals surface area contributed by atoms with Gasteiger partial charge in [0.2, 0.25) is 0 Å². The van der Waals surface area contributed by atoms with Crippen molar-refractivity contribution >= 4 is 17.7 Å². The van der Waals surface area contributed by atoms with Crippen LogP contribution in [0, 0.1) is 0 Å². The highest BCUT2D eigenvalue weighted by molar-refractivity contribution is 5.90. The van der Waals surface area contributed by atoms with Crippen LogP contribution < -0.4 is 9.47 Å². The Bertz CT molecular complexity index is 605. The lowest BCUT2D eigenvalue weighted by molar-refractivity contribution is -0.140. The number of rotatable bonds is 7. The van der Waals surface area contributed by atoms with Gasteiger partial charge in [-0.05, 0) is 24.1 Å². The van der Waals surface area contributed by atoms with Gasteiger partial charge in [-0.15, -0.1) is 0 Å². The maximum Gasteiger partial charge on any atom is 0.334 e. The van der Waals surface area contributed by atoms with Gasteiger partial charge in [0.15, 0.2) is 11.5 Å². The molecular formula is C16H20O7. The molecule has 23 heavy (non-hydrogen) atoms. The number of hydrogen-bond donors (Lipinski definition) is 1. The minimum absolute atomic E-state index is 0.116. The number of esters is 2. The van der Waals surface area contributed by atoms with Gasteiger partial charge < -0.3 is 24.1 Å². The van der Waals surface area contributed by atoms with Crippen LogP contribution in [0.15, 0.2) is 18.2 Å². The second-order valence-electron chi connectivity index (χ2n) is 4.49. The largest absolute Gasteiger partial charge is 0.507 e. The van der Waals surface area contributed by atoms with E-state index in [1.807, 2.05) is 0 Å². The van der Waals surface area contributed by atoms with Crippen molar-refractivity contribution < 1.29 is 33.6 Å². The molecule has 0 bridgehead atoms. The maximum atomic E-state index is 11.3. The summed E-state index contributed by atoms with van der Waals surface area (Å²) in [5, 5.41) is 10.2. The second-order valence-corrected chi connectivity index (χ2v) is 4.49. The highest BCUT2D eigenvalue weighted by Crippen LogP contribution is 2.33. The SMILES string of the molecule is COC(=O)/C=C(/O)c1cc(OC)c(OC)cc1CCC(=O)OC. The van der Waals surface area contributed by atoms with Gasteiger partial charge in [-0.3, -0.25) is 4.79 Å². The smallest absolute Gasteiger partial charge is 0.334 e. The zero-order chi connectivity index (χ0) is 17.4. The Kier molecular flexibility index (Phi) is 6.92. The lowest BCUT2D eigenvalue weighted by atomic mass is 10.00. The van der Waals surface area contributed by atoms with E-state index in [4.69, 9.17) is 9.47 Å². The molecule has 7 nitrogen and oxygen atoms in total. The zero-order valence-electron chi connectivity index (χ0n) is 13.5. The molecule has 0 saturated carbocycles. The van der Waals surface area contributed by atoms with Gasteiger partial charge in [-0.25, -0.2) is 4.79 Å². The molecule has 0 aliphatic rings. The number of aliphatic hydroxyl groups excluding tert-OH is 1. The number of ether oxygens (including phenoxy) is 4. The van der Waals surface area contributed by atoms with Crippen LogP contribution in [0.25, 0.3) is 5.76 Å². The molecule has 0 saturated heterocycles. The van der Waals surface area contributed by atoms with Crippen molar-refractivity contribution in [2.24, 2.45) is 0 Å². The first kappa shape index (κ1) is 18.3. The van der Waals surface area contributed by atoms with E-state index < -0.39 is 5.97 Å². The third-order valence-corrected chi connectivity index (χ3v) is 3.17. The van der Waals surface area contributed by atoms with Crippen LogP contribution in [0.5, 0.6) is 11.5 Å². The minimum Gasteiger partial charge on any atom is -0.507 e. The summed E-state index contributed by atoms with van der Waals surface area (Å²) < 4.78 is 19.5. The molecule has 1 aromatic rings. The van der Waals surface area contributed by atoms with Crippen LogP contribution in [-0.2, 0) is 25.5 Å². The molecule has 0 atom stereocenters. The number of carbonyl (C=O) groups is 2. The molecule has 0 heterocycles. The summed E-state index contributed by atoms with van der Waals surface area (Å²) in [4.78, 5) is 22.6. The summed E-state index contributed by atoms with van der Waals surface area (Å²) in [6, 6.07) is 3.17. The standard InChI is InChI=1S/C16H20O7/c1-20-13-7-10(5-6-15(18)22-3)11(8-14(13)21-2)12(17)9-16(19)23-4/h7-9,17H,5-6H2,1-4H3/b12-9+. The molecule has 126 valence electrons. The van der Waals surface area contributed by atoms with Gasteiger partial charge in [0.25, 0.3) is 0 Å². The molecule has 1 aromatic carbocycles. The third kappa shape index (κ3) is 4.91. The quantitative estimate of drug-likeness (QED) is 0.465. The fraction of sp³-hybridized carbons (Fsp3) is 0.375. The van der Waals surface area contributed by atoms with Crippen molar-refractivity contribution in [3.8, 4) is 11.5 Å². The van der Waals surface area contributed by atoms with Gasteiger partial charge in [-0.2, -0.15) is 0 Å². The van der Waals surface area contributed by atoms with Crippen LogP contribution >= 0.6 is 0 Å². The monoisotopic (exact) mass is 324 g/mol. The minimum atomic E-state index is -0.698. The molecule has 0 radical (unpaired) electrons. The van der Waals surface area contributed by atoms with Crippen LogP contribution in [0.4, 0.5) is 0 Å². The second kappa shape index (κ2) is 8.67. The number of carbonyl (C=O) groups excluding carboxylic acids is 2. The van der Waals surface area contributed by atoms with Gasteiger partial charge in [0, 0.05) is 12.0 Å². The molecule has 7 heteroatoms. The van der Waals surface area contributed by atoms with E-state index in [-0.39, 0.29) is 18.1 Å². The number of aliphatic hydroxyl groups is 1. The summed E-state index contributed by atoms with van der Waals surface area (Å²) in [6.45, 7) is 0. The van der Waals surface area contributed by atoms with Crippen LogP contribution in [-0.4, -0.2) is 45.5 Å². The van der Waals surface area contributed by atoms with Gasteiger partial charge in [0.05, 0.1) is 34.5 Å². The van der Waals surface area contributed by atoms with E-state index in [9.17, 15) is 14.7 Å².